The number of fused-ring (bicyclic) bond motifs is 1. The maximum Gasteiger partial charge on any atom is 0.173 e. The van der Waals surface area contributed by atoms with E-state index < -0.39 is 0 Å². The minimum atomic E-state index is 0.458. The Morgan fingerprint density at radius 2 is 2.12 bits per heavy atom. The third kappa shape index (κ3) is 1.94. The Bertz CT molecular complexity index is 684. The lowest BCUT2D eigenvalue weighted by Crippen LogP contribution is -1.90. The molecule has 0 fully saturated rings. The molecule has 0 aliphatic heterocycles. The number of para-hydroxylation sites is 1. The summed E-state index contributed by atoms with van der Waals surface area (Å²) >= 11 is 11.1. The first-order valence-electron chi connectivity index (χ1n) is 4.76. The van der Waals surface area contributed by atoms with Crippen LogP contribution in [0, 0.1) is 0 Å². The number of benzene rings is 1. The van der Waals surface area contributed by atoms with Gasteiger partial charge in [0.1, 0.15) is 5.15 Å². The first-order valence-corrected chi connectivity index (χ1v) is 6.81. The molecule has 0 radical (unpaired) electrons. The van der Waals surface area contributed by atoms with E-state index in [9.17, 15) is 0 Å². The fraction of sp³-hybridized carbons (Fsp3) is 0. The van der Waals surface area contributed by atoms with Gasteiger partial charge in [-0.25, -0.2) is 9.97 Å². The number of aromatic nitrogens is 3. The second-order valence-corrected chi connectivity index (χ2v) is 5.44. The highest BCUT2D eigenvalue weighted by Crippen LogP contribution is 2.30. The van der Waals surface area contributed by atoms with Crippen LogP contribution >= 0.6 is 38.9 Å². The number of halogens is 2. The molecule has 0 atom stereocenters. The zero-order valence-electron chi connectivity index (χ0n) is 8.39. The Morgan fingerprint density at radius 1 is 1.24 bits per heavy atom. The van der Waals surface area contributed by atoms with Crippen molar-refractivity contribution < 1.29 is 0 Å². The first kappa shape index (κ1) is 11.1. The van der Waals surface area contributed by atoms with Crippen molar-refractivity contribution in [3.8, 4) is 10.7 Å². The van der Waals surface area contributed by atoms with Crippen molar-refractivity contribution in [2.24, 2.45) is 0 Å². The molecule has 84 valence electrons. The Labute approximate surface area is 115 Å². The van der Waals surface area contributed by atoms with E-state index in [4.69, 9.17) is 11.6 Å². The summed E-state index contributed by atoms with van der Waals surface area (Å²) in [6, 6.07) is 5.75. The Hall–Kier alpha value is -1.04. The topological polar surface area (TPSA) is 38.7 Å². The third-order valence-corrected chi connectivity index (χ3v) is 3.98. The molecule has 0 amide bonds. The van der Waals surface area contributed by atoms with Crippen LogP contribution in [0.25, 0.3) is 21.6 Å². The van der Waals surface area contributed by atoms with E-state index in [-0.39, 0.29) is 0 Å². The van der Waals surface area contributed by atoms with Gasteiger partial charge >= 0.3 is 0 Å². The number of hydrogen-bond donors (Lipinski definition) is 0. The van der Waals surface area contributed by atoms with E-state index in [1.54, 1.807) is 11.7 Å². The minimum Gasteiger partial charge on any atom is -0.252 e. The predicted molar refractivity (Wildman–Crippen MR) is 73.4 cm³/mol. The number of hydrogen-bond acceptors (Lipinski definition) is 4. The minimum absolute atomic E-state index is 0.458. The largest absolute Gasteiger partial charge is 0.252 e. The van der Waals surface area contributed by atoms with E-state index in [1.165, 1.54) is 11.3 Å². The van der Waals surface area contributed by atoms with Gasteiger partial charge in [-0.3, -0.25) is 4.98 Å². The lowest BCUT2D eigenvalue weighted by molar-refractivity contribution is 1.23. The second kappa shape index (κ2) is 4.33. The monoisotopic (exact) mass is 325 g/mol. The summed E-state index contributed by atoms with van der Waals surface area (Å²) in [5.41, 5.74) is 2.56. The number of rotatable bonds is 1. The van der Waals surface area contributed by atoms with Crippen LogP contribution in [0.5, 0.6) is 0 Å². The van der Waals surface area contributed by atoms with Crippen molar-refractivity contribution in [3.63, 3.8) is 0 Å². The summed E-state index contributed by atoms with van der Waals surface area (Å²) < 4.78 is 0.907. The molecule has 0 N–H and O–H groups in total. The van der Waals surface area contributed by atoms with Gasteiger partial charge in [0.15, 0.2) is 5.82 Å². The van der Waals surface area contributed by atoms with Crippen LogP contribution in [-0.4, -0.2) is 15.0 Å². The van der Waals surface area contributed by atoms with Crippen LogP contribution in [0.15, 0.2) is 34.4 Å². The van der Waals surface area contributed by atoms with E-state index in [2.05, 4.69) is 30.9 Å². The van der Waals surface area contributed by atoms with Crippen molar-refractivity contribution in [3.05, 3.63) is 39.5 Å². The van der Waals surface area contributed by atoms with Gasteiger partial charge in [-0.2, -0.15) is 0 Å². The summed E-state index contributed by atoms with van der Waals surface area (Å²) in [5, 5.41) is 1.30. The Morgan fingerprint density at radius 3 is 2.88 bits per heavy atom. The van der Waals surface area contributed by atoms with Gasteiger partial charge in [0.25, 0.3) is 0 Å². The Kier molecular flexibility index (Phi) is 2.82. The molecule has 0 saturated carbocycles. The molecule has 3 rings (SSSR count). The van der Waals surface area contributed by atoms with Crippen LogP contribution in [-0.2, 0) is 0 Å². The maximum absolute atomic E-state index is 6.16. The van der Waals surface area contributed by atoms with Crippen LogP contribution in [0.1, 0.15) is 0 Å². The molecular formula is C11H5BrClN3S. The molecule has 0 aliphatic carbocycles. The molecule has 0 aliphatic rings. The molecule has 3 aromatic rings. The van der Waals surface area contributed by atoms with Crippen molar-refractivity contribution in [1.29, 1.82) is 0 Å². The van der Waals surface area contributed by atoms with Crippen molar-refractivity contribution in [2.75, 3.05) is 0 Å². The van der Waals surface area contributed by atoms with Gasteiger partial charge in [-0.15, -0.1) is 11.3 Å². The summed E-state index contributed by atoms with van der Waals surface area (Å²) in [7, 11) is 0. The van der Waals surface area contributed by atoms with Gasteiger partial charge in [0.05, 0.1) is 15.9 Å². The number of nitrogens with zero attached hydrogens (tertiary/aromatic N) is 3. The molecule has 0 saturated heterocycles. The maximum atomic E-state index is 6.16. The van der Waals surface area contributed by atoms with Gasteiger partial charge in [-0.1, -0.05) is 17.7 Å². The highest BCUT2D eigenvalue weighted by atomic mass is 79.9. The normalized spacial score (nSPS) is 10.9. The molecule has 0 spiro atoms. The van der Waals surface area contributed by atoms with Gasteiger partial charge < -0.3 is 0 Å². The van der Waals surface area contributed by atoms with E-state index in [1.807, 2.05) is 18.2 Å². The van der Waals surface area contributed by atoms with Crippen molar-refractivity contribution in [1.82, 2.24) is 15.0 Å². The lowest BCUT2D eigenvalue weighted by Gasteiger charge is -2.03. The SMILES string of the molecule is Clc1nc(-c2cncs2)nc2c(Br)cccc12. The molecule has 2 aromatic heterocycles. The average Bonchev–Trinajstić information content (AvgIpc) is 2.84. The van der Waals surface area contributed by atoms with Gasteiger partial charge in [-0.05, 0) is 28.1 Å². The van der Waals surface area contributed by atoms with Crippen molar-refractivity contribution in [2.45, 2.75) is 0 Å². The summed E-state index contributed by atoms with van der Waals surface area (Å²) in [4.78, 5) is 13.7. The van der Waals surface area contributed by atoms with Crippen LogP contribution in [0.2, 0.25) is 5.15 Å². The van der Waals surface area contributed by atoms with Crippen LogP contribution in [0.4, 0.5) is 0 Å². The molecule has 0 unspecified atom stereocenters. The van der Waals surface area contributed by atoms with Crippen LogP contribution < -0.4 is 0 Å². The first-order chi connectivity index (χ1) is 8.25. The highest BCUT2D eigenvalue weighted by molar-refractivity contribution is 9.10. The fourth-order valence-electron chi connectivity index (χ4n) is 1.52. The lowest BCUT2D eigenvalue weighted by atomic mass is 10.2. The summed E-state index contributed by atoms with van der Waals surface area (Å²) in [5.74, 6) is 0.608. The quantitative estimate of drug-likeness (QED) is 0.630. The van der Waals surface area contributed by atoms with Crippen LogP contribution in [0.3, 0.4) is 0 Å². The summed E-state index contributed by atoms with van der Waals surface area (Å²) in [6.45, 7) is 0. The zero-order valence-corrected chi connectivity index (χ0v) is 11.6. The Balaban J connectivity index is 2.34. The molecule has 2 heterocycles. The van der Waals surface area contributed by atoms with E-state index in [0.717, 1.165) is 20.3 Å². The van der Waals surface area contributed by atoms with Gasteiger partial charge in [0, 0.05) is 16.1 Å². The van der Waals surface area contributed by atoms with E-state index in [0.29, 0.717) is 11.0 Å². The summed E-state index contributed by atoms with van der Waals surface area (Å²) in [6.07, 6.45) is 1.74. The fourth-order valence-corrected chi connectivity index (χ4v) is 2.76. The third-order valence-electron chi connectivity index (χ3n) is 2.28. The predicted octanol–water partition coefficient (Wildman–Crippen LogP) is 4.17. The van der Waals surface area contributed by atoms with E-state index >= 15 is 0 Å². The molecule has 6 heteroatoms. The average molecular weight is 327 g/mol. The van der Waals surface area contributed by atoms with Gasteiger partial charge in [0.2, 0.25) is 0 Å². The molecular weight excluding hydrogens is 322 g/mol. The highest BCUT2D eigenvalue weighted by Gasteiger charge is 2.10. The molecule has 0 bridgehead atoms. The molecule has 17 heavy (non-hydrogen) atoms. The smallest absolute Gasteiger partial charge is 0.173 e. The zero-order chi connectivity index (χ0) is 11.8. The number of thiazole rings is 1. The van der Waals surface area contributed by atoms with Crippen molar-refractivity contribution >= 4 is 49.8 Å². The molecule has 3 nitrogen and oxygen atoms in total. The molecule has 1 aromatic carbocycles. The standard InChI is InChI=1S/C11H5BrClN3S/c12-7-3-1-2-6-9(7)15-11(16-10(6)13)8-4-14-5-17-8/h1-5H. The second-order valence-electron chi connectivity index (χ2n) is 3.34.